The molecular formula is C9H11ClO2Zn. The number of ether oxygens (including phenoxy) is 2. The van der Waals surface area contributed by atoms with Crippen LogP contribution in [0.15, 0.2) is 18.2 Å². The van der Waals surface area contributed by atoms with Crippen LogP contribution in [0.4, 0.5) is 0 Å². The minimum absolute atomic E-state index is 0. The zero-order valence-corrected chi connectivity index (χ0v) is 11.6. The average Bonchev–Trinajstić information content (AvgIpc) is 2.16. The quantitative estimate of drug-likeness (QED) is 0.626. The zero-order valence-electron chi connectivity index (χ0n) is 7.84. The van der Waals surface area contributed by atoms with Crippen molar-refractivity contribution in [2.45, 2.75) is 5.02 Å². The number of hydrogen-bond acceptors (Lipinski definition) is 2. The molecule has 68 valence electrons. The Kier molecular flexibility index (Phi) is 6.10. The maximum Gasteiger partial charge on any atom is -1.00 e. The van der Waals surface area contributed by atoms with Crippen LogP contribution in [-0.2, 0) is 23.3 Å². The summed E-state index contributed by atoms with van der Waals surface area (Å²) in [5.74, 6) is 1.70. The maximum atomic E-state index is 5.25. The van der Waals surface area contributed by atoms with E-state index in [0.29, 0.717) is 0 Å². The van der Waals surface area contributed by atoms with Crippen LogP contribution < -0.4 is 21.9 Å². The molecule has 0 amide bonds. The van der Waals surface area contributed by atoms with Gasteiger partial charge in [0.1, 0.15) is 0 Å². The van der Waals surface area contributed by atoms with Crippen molar-refractivity contribution >= 4 is 0 Å². The minimum atomic E-state index is 0. The Bertz CT molecular complexity index is 244. The van der Waals surface area contributed by atoms with Gasteiger partial charge in [0, 0.05) is 0 Å². The molecule has 4 heteroatoms. The van der Waals surface area contributed by atoms with Gasteiger partial charge in [0.25, 0.3) is 0 Å². The molecule has 0 aliphatic rings. The second-order valence-electron chi connectivity index (χ2n) is 2.40. The fourth-order valence-corrected chi connectivity index (χ4v) is 1.98. The van der Waals surface area contributed by atoms with Crippen LogP contribution in [0, 0.1) is 0 Å². The van der Waals surface area contributed by atoms with Gasteiger partial charge in [-0.2, -0.15) is 0 Å². The fraction of sp³-hybridized carbons (Fsp3) is 0.333. The summed E-state index contributed by atoms with van der Waals surface area (Å²) in [5, 5.41) is 1.08. The first-order valence-corrected chi connectivity index (χ1v) is 5.92. The summed E-state index contributed by atoms with van der Waals surface area (Å²) in [6.07, 6.45) is 0. The van der Waals surface area contributed by atoms with E-state index in [2.05, 4.69) is 6.07 Å². The topological polar surface area (TPSA) is 18.5 Å². The third-order valence-electron chi connectivity index (χ3n) is 1.75. The number of rotatable bonds is 3. The van der Waals surface area contributed by atoms with E-state index in [0.717, 1.165) is 16.5 Å². The normalized spacial score (nSPS) is 8.92. The van der Waals surface area contributed by atoms with Gasteiger partial charge in [0.2, 0.25) is 0 Å². The van der Waals surface area contributed by atoms with E-state index in [1.54, 1.807) is 14.2 Å². The summed E-state index contributed by atoms with van der Waals surface area (Å²) in [7, 11) is 3.34. The van der Waals surface area contributed by atoms with Crippen LogP contribution in [0.5, 0.6) is 11.5 Å². The van der Waals surface area contributed by atoms with E-state index >= 15 is 0 Å². The summed E-state index contributed by atoms with van der Waals surface area (Å²) in [5.41, 5.74) is 1.23. The molecule has 0 saturated heterocycles. The fourth-order valence-electron chi connectivity index (χ4n) is 1.15. The van der Waals surface area contributed by atoms with Gasteiger partial charge in [-0.05, 0) is 0 Å². The molecule has 0 aromatic heterocycles. The predicted octanol–water partition coefficient (Wildman–Crippen LogP) is -1.25. The van der Waals surface area contributed by atoms with Crippen molar-refractivity contribution in [3.05, 3.63) is 23.8 Å². The van der Waals surface area contributed by atoms with Crippen LogP contribution in [0.2, 0.25) is 0 Å². The number of methoxy groups -OCH3 is 2. The second kappa shape index (κ2) is 6.23. The molecule has 0 fully saturated rings. The molecule has 0 atom stereocenters. The van der Waals surface area contributed by atoms with Crippen LogP contribution in [-0.4, -0.2) is 14.2 Å². The first-order valence-electron chi connectivity index (χ1n) is 3.82. The van der Waals surface area contributed by atoms with Gasteiger partial charge in [-0.25, -0.2) is 0 Å². The zero-order chi connectivity index (χ0) is 8.97. The van der Waals surface area contributed by atoms with Crippen molar-refractivity contribution in [2.24, 2.45) is 0 Å². The van der Waals surface area contributed by atoms with E-state index in [1.165, 1.54) is 23.9 Å². The molecule has 0 aliphatic carbocycles. The Balaban J connectivity index is 0.00000144. The van der Waals surface area contributed by atoms with Gasteiger partial charge < -0.3 is 12.4 Å². The third-order valence-corrected chi connectivity index (χ3v) is 2.88. The number of benzene rings is 1. The van der Waals surface area contributed by atoms with E-state index in [9.17, 15) is 0 Å². The summed E-state index contributed by atoms with van der Waals surface area (Å²) in [6.45, 7) is 0. The van der Waals surface area contributed by atoms with Gasteiger partial charge in [0.05, 0.1) is 0 Å². The van der Waals surface area contributed by atoms with Crippen molar-refractivity contribution in [1.29, 1.82) is 0 Å². The monoisotopic (exact) mass is 250 g/mol. The van der Waals surface area contributed by atoms with E-state index in [4.69, 9.17) is 9.47 Å². The Morgan fingerprint density at radius 2 is 1.92 bits per heavy atom. The molecule has 0 N–H and O–H groups in total. The van der Waals surface area contributed by atoms with Crippen LogP contribution in [0.25, 0.3) is 0 Å². The Labute approximate surface area is 94.7 Å². The van der Waals surface area contributed by atoms with Crippen molar-refractivity contribution in [3.63, 3.8) is 0 Å². The van der Waals surface area contributed by atoms with Gasteiger partial charge in [-0.15, -0.1) is 0 Å². The predicted molar refractivity (Wildman–Crippen MR) is 43.3 cm³/mol. The second-order valence-corrected chi connectivity index (χ2v) is 3.45. The average molecular weight is 252 g/mol. The summed E-state index contributed by atoms with van der Waals surface area (Å²) >= 11 is 1.24. The summed E-state index contributed by atoms with van der Waals surface area (Å²) in [6, 6.07) is 5.98. The molecule has 0 bridgehead atoms. The molecular weight excluding hydrogens is 241 g/mol. The largest absolute Gasteiger partial charge is 1.00 e. The molecule has 0 spiro atoms. The first-order chi connectivity index (χ1) is 5.83. The smallest absolute Gasteiger partial charge is 1.00 e. The molecule has 0 saturated carbocycles. The number of para-hydroxylation sites is 1. The SMILES string of the molecule is COc1cccc([CH2][Zn+])c1OC.[Cl-]. The molecule has 1 rings (SSSR count). The van der Waals surface area contributed by atoms with E-state index in [1.807, 2.05) is 12.1 Å². The van der Waals surface area contributed by atoms with Crippen molar-refractivity contribution in [3.8, 4) is 11.5 Å². The molecule has 2 nitrogen and oxygen atoms in total. The van der Waals surface area contributed by atoms with Gasteiger partial charge in [-0.1, -0.05) is 0 Å². The first kappa shape index (κ1) is 12.7. The van der Waals surface area contributed by atoms with Crippen molar-refractivity contribution in [1.82, 2.24) is 0 Å². The molecule has 13 heavy (non-hydrogen) atoms. The molecule has 0 radical (unpaired) electrons. The summed E-state index contributed by atoms with van der Waals surface area (Å²) in [4.78, 5) is 0. The van der Waals surface area contributed by atoms with E-state index < -0.39 is 0 Å². The maximum absolute atomic E-state index is 5.25. The number of halogens is 1. The molecule has 1 aromatic rings. The van der Waals surface area contributed by atoms with E-state index in [-0.39, 0.29) is 12.4 Å². The summed E-state index contributed by atoms with van der Waals surface area (Å²) < 4.78 is 10.4. The molecule has 1 aromatic carbocycles. The molecule has 0 heterocycles. The van der Waals surface area contributed by atoms with Gasteiger partial charge in [0.15, 0.2) is 0 Å². The number of hydrogen-bond donors (Lipinski definition) is 0. The van der Waals surface area contributed by atoms with Crippen molar-refractivity contribution in [2.75, 3.05) is 14.2 Å². The van der Waals surface area contributed by atoms with Gasteiger partial charge in [-0.3, -0.25) is 0 Å². The van der Waals surface area contributed by atoms with Crippen LogP contribution in [0.3, 0.4) is 0 Å². The Morgan fingerprint density at radius 3 is 2.38 bits per heavy atom. The van der Waals surface area contributed by atoms with Crippen LogP contribution in [0.1, 0.15) is 5.56 Å². The third kappa shape index (κ3) is 2.85. The Morgan fingerprint density at radius 1 is 1.23 bits per heavy atom. The van der Waals surface area contributed by atoms with Gasteiger partial charge >= 0.3 is 82.3 Å². The Hall–Kier alpha value is -0.267. The minimum Gasteiger partial charge on any atom is -1.00 e. The van der Waals surface area contributed by atoms with Crippen molar-refractivity contribution < 1.29 is 40.2 Å². The molecule has 0 aliphatic heterocycles. The van der Waals surface area contributed by atoms with Crippen LogP contribution >= 0.6 is 0 Å². The molecule has 0 unspecified atom stereocenters. The standard InChI is InChI=1S/C9H11O2.ClH.Zn/c1-7-5-4-6-8(10-2)9(7)11-3;;/h4-6H,1H2,2-3H3;1H;/q;;+1/p-1.